The van der Waals surface area contributed by atoms with Crippen LogP contribution in [-0.4, -0.2) is 51.7 Å². The van der Waals surface area contributed by atoms with Gasteiger partial charge in [-0.3, -0.25) is 9.78 Å². The minimum Gasteiger partial charge on any atom is -0.493 e. The second-order valence-electron chi connectivity index (χ2n) is 9.03. The largest absolute Gasteiger partial charge is 0.493 e. The maximum Gasteiger partial charge on any atom is 0.280 e. The van der Waals surface area contributed by atoms with Crippen molar-refractivity contribution in [1.29, 1.82) is 0 Å². The Bertz CT molecular complexity index is 1890. The molecule has 4 heterocycles. The molecule has 9 heteroatoms. The Kier molecular flexibility index (Phi) is 6.26. The number of methoxy groups -OCH3 is 2. The van der Waals surface area contributed by atoms with E-state index < -0.39 is 0 Å². The lowest BCUT2D eigenvalue weighted by molar-refractivity contribution is 0.279. The van der Waals surface area contributed by atoms with E-state index in [9.17, 15) is 9.90 Å². The zero-order valence-corrected chi connectivity index (χ0v) is 21.3. The average molecular weight is 520 g/mol. The minimum atomic E-state index is -0.319. The second kappa shape index (κ2) is 10.0. The van der Waals surface area contributed by atoms with Gasteiger partial charge in [-0.15, -0.1) is 0 Å². The smallest absolute Gasteiger partial charge is 0.280 e. The highest BCUT2D eigenvalue weighted by Crippen LogP contribution is 2.26. The number of rotatable bonds is 6. The molecule has 9 nitrogen and oxygen atoms in total. The van der Waals surface area contributed by atoms with Crippen LogP contribution in [0.3, 0.4) is 0 Å². The zero-order chi connectivity index (χ0) is 26.9. The first kappa shape index (κ1) is 24.3. The van der Waals surface area contributed by atoms with Gasteiger partial charge in [-0.2, -0.15) is 9.78 Å². The van der Waals surface area contributed by atoms with E-state index in [1.165, 1.54) is 4.68 Å². The van der Waals surface area contributed by atoms with Crippen LogP contribution in [0.25, 0.3) is 39.6 Å². The van der Waals surface area contributed by atoms with Gasteiger partial charge in [-0.25, -0.2) is 4.98 Å². The molecule has 0 saturated carbocycles. The molecule has 0 radical (unpaired) electrons. The van der Waals surface area contributed by atoms with Gasteiger partial charge in [0.1, 0.15) is 5.69 Å². The highest BCUT2D eigenvalue weighted by molar-refractivity contribution is 5.93. The lowest BCUT2D eigenvalue weighted by Crippen LogP contribution is -2.44. The Balaban J connectivity index is 1.58. The number of benzene rings is 2. The molecule has 0 bridgehead atoms. The molecule has 1 aliphatic rings. The third-order valence-electron chi connectivity index (χ3n) is 6.72. The highest BCUT2D eigenvalue weighted by Gasteiger charge is 2.19. The molecule has 5 aromatic rings. The molecule has 0 unspecified atom stereocenters. The summed E-state index contributed by atoms with van der Waals surface area (Å²) in [6.07, 6.45) is 7.00. The van der Waals surface area contributed by atoms with Crippen LogP contribution >= 0.6 is 0 Å². The summed E-state index contributed by atoms with van der Waals surface area (Å²) in [6, 6.07) is 18.2. The van der Waals surface area contributed by atoms with E-state index in [1.54, 1.807) is 44.9 Å². The summed E-state index contributed by atoms with van der Waals surface area (Å²) in [5.74, 6) is 1.53. The average Bonchev–Trinajstić information content (AvgIpc) is 3.00. The van der Waals surface area contributed by atoms with E-state index in [2.05, 4.69) is 15.3 Å². The molecule has 0 amide bonds. The van der Waals surface area contributed by atoms with Crippen molar-refractivity contribution in [2.45, 2.75) is 6.04 Å². The van der Waals surface area contributed by atoms with E-state index in [1.807, 2.05) is 54.6 Å². The van der Waals surface area contributed by atoms with Crippen LogP contribution < -0.4 is 30.8 Å². The maximum atomic E-state index is 13.6. The van der Waals surface area contributed by atoms with Gasteiger partial charge in [0.15, 0.2) is 17.3 Å². The molecule has 194 valence electrons. The van der Waals surface area contributed by atoms with Crippen molar-refractivity contribution in [3.63, 3.8) is 0 Å². The van der Waals surface area contributed by atoms with Gasteiger partial charge in [0, 0.05) is 40.3 Å². The van der Waals surface area contributed by atoms with Gasteiger partial charge in [-0.1, -0.05) is 24.3 Å². The van der Waals surface area contributed by atoms with Crippen LogP contribution in [0, 0.1) is 0 Å². The van der Waals surface area contributed by atoms with Crippen LogP contribution in [0.2, 0.25) is 0 Å². The topological polar surface area (TPSA) is 111 Å². The first-order chi connectivity index (χ1) is 19.1. The van der Waals surface area contributed by atoms with E-state index in [0.717, 1.165) is 32.6 Å². The van der Waals surface area contributed by atoms with Crippen LogP contribution in [0.15, 0.2) is 84.0 Å². The summed E-state index contributed by atoms with van der Waals surface area (Å²) in [5.41, 5.74) is 2.67. The SMILES string of the molecule is COc1cc2c(cc1OC)=C(c1ccnc(-n3nc(-c4cccnc4)c4ccccc4c3=O)c1)N[C@H](CO)C=2. The molecule has 2 N–H and O–H groups in total. The quantitative estimate of drug-likeness (QED) is 0.349. The van der Waals surface area contributed by atoms with E-state index >= 15 is 0 Å². The molecule has 3 aromatic heterocycles. The Morgan fingerprint density at radius 3 is 2.49 bits per heavy atom. The second-order valence-corrected chi connectivity index (χ2v) is 9.03. The van der Waals surface area contributed by atoms with Gasteiger partial charge >= 0.3 is 0 Å². The summed E-state index contributed by atoms with van der Waals surface area (Å²) in [6.45, 7) is -0.102. The third kappa shape index (κ3) is 4.28. The number of aromatic nitrogens is 4. The molecular formula is C30H25N5O4. The Morgan fingerprint density at radius 2 is 1.74 bits per heavy atom. The standard InChI is InChI=1S/C30H25N5O4/c1-38-25-13-20-12-21(17-36)33-28(24(20)15-26(25)39-2)18-9-11-32-27(14-18)35-30(37)23-8-4-3-7-22(23)29(34-35)19-6-5-10-31-16-19/h3-16,21,33,36H,17H2,1-2H3/t21-/m0/s1. The van der Waals surface area contributed by atoms with Crippen LogP contribution in [-0.2, 0) is 0 Å². The molecule has 1 aliphatic heterocycles. The van der Waals surface area contributed by atoms with Crippen molar-refractivity contribution in [2.75, 3.05) is 20.8 Å². The molecule has 2 aromatic carbocycles. The van der Waals surface area contributed by atoms with E-state index in [0.29, 0.717) is 28.4 Å². The monoisotopic (exact) mass is 519 g/mol. The first-order valence-electron chi connectivity index (χ1n) is 12.4. The summed E-state index contributed by atoms with van der Waals surface area (Å²) in [7, 11) is 3.17. The number of fused-ring (bicyclic) bond motifs is 2. The molecule has 0 saturated heterocycles. The Labute approximate surface area is 223 Å². The summed E-state index contributed by atoms with van der Waals surface area (Å²) in [4.78, 5) is 22.3. The number of nitrogens with one attached hydrogen (secondary N) is 1. The van der Waals surface area contributed by atoms with Crippen molar-refractivity contribution in [1.82, 2.24) is 25.1 Å². The number of hydrogen-bond acceptors (Lipinski definition) is 8. The Hall–Kier alpha value is -5.02. The molecule has 6 rings (SSSR count). The van der Waals surface area contributed by atoms with Crippen LogP contribution in [0.4, 0.5) is 0 Å². The van der Waals surface area contributed by atoms with Gasteiger partial charge in [-0.05, 0) is 47.7 Å². The predicted molar refractivity (Wildman–Crippen MR) is 148 cm³/mol. The summed E-state index contributed by atoms with van der Waals surface area (Å²) >= 11 is 0. The lowest BCUT2D eigenvalue weighted by atomic mass is 10.0. The Morgan fingerprint density at radius 1 is 0.949 bits per heavy atom. The molecule has 0 spiro atoms. The van der Waals surface area contributed by atoms with E-state index in [-0.39, 0.29) is 18.2 Å². The number of nitrogens with zero attached hydrogens (tertiary/aromatic N) is 4. The van der Waals surface area contributed by atoms with Crippen molar-refractivity contribution in [3.8, 4) is 28.6 Å². The summed E-state index contributed by atoms with van der Waals surface area (Å²) < 4.78 is 12.4. The zero-order valence-electron chi connectivity index (χ0n) is 21.3. The number of aliphatic hydroxyl groups is 1. The normalized spacial score (nSPS) is 14.3. The predicted octanol–water partition coefficient (Wildman–Crippen LogP) is 1.76. The number of hydrogen-bond donors (Lipinski definition) is 2. The maximum absolute atomic E-state index is 13.6. The van der Waals surface area contributed by atoms with Crippen molar-refractivity contribution in [2.24, 2.45) is 0 Å². The van der Waals surface area contributed by atoms with Gasteiger partial charge in [0.05, 0.1) is 38.0 Å². The fraction of sp³-hybridized carbons (Fsp3) is 0.133. The lowest BCUT2D eigenvalue weighted by Gasteiger charge is -2.22. The molecule has 1 atom stereocenters. The third-order valence-corrected chi connectivity index (χ3v) is 6.72. The van der Waals surface area contributed by atoms with Gasteiger partial charge in [0.2, 0.25) is 0 Å². The highest BCUT2D eigenvalue weighted by atomic mass is 16.5. The summed E-state index contributed by atoms with van der Waals surface area (Å²) in [5, 5.41) is 21.1. The van der Waals surface area contributed by atoms with Gasteiger partial charge < -0.3 is 19.9 Å². The number of aliphatic hydroxyl groups excluding tert-OH is 1. The molecule has 39 heavy (non-hydrogen) atoms. The van der Waals surface area contributed by atoms with Crippen molar-refractivity contribution in [3.05, 3.63) is 106 Å². The van der Waals surface area contributed by atoms with Crippen molar-refractivity contribution >= 4 is 22.5 Å². The minimum absolute atomic E-state index is 0.102. The molecular weight excluding hydrogens is 494 g/mol. The number of pyridine rings is 2. The van der Waals surface area contributed by atoms with Crippen LogP contribution in [0.5, 0.6) is 11.5 Å². The van der Waals surface area contributed by atoms with Crippen LogP contribution in [0.1, 0.15) is 5.56 Å². The molecule has 0 aliphatic carbocycles. The van der Waals surface area contributed by atoms with E-state index in [4.69, 9.17) is 14.6 Å². The number of ether oxygens (including phenoxy) is 2. The fourth-order valence-electron chi connectivity index (χ4n) is 4.86. The van der Waals surface area contributed by atoms with Gasteiger partial charge in [0.25, 0.3) is 5.56 Å². The van der Waals surface area contributed by atoms with Crippen molar-refractivity contribution < 1.29 is 14.6 Å². The fourth-order valence-corrected chi connectivity index (χ4v) is 4.86. The first-order valence-corrected chi connectivity index (χ1v) is 12.4. The molecule has 0 fully saturated rings.